The average Bonchev–Trinajstić information content (AvgIpc) is 1.93. The highest BCUT2D eigenvalue weighted by atomic mass is 16.6. The van der Waals surface area contributed by atoms with Crippen LogP contribution >= 0.6 is 0 Å². The molecule has 1 saturated heterocycles. The number of hydrogen-bond donors (Lipinski definition) is 0. The molecule has 3 heteroatoms. The van der Waals surface area contributed by atoms with Crippen molar-refractivity contribution in [1.82, 2.24) is 4.90 Å². The molecule has 0 radical (unpaired) electrons. The molecule has 1 fully saturated rings. The minimum atomic E-state index is -0.390. The number of rotatable bonds is 0. The zero-order chi connectivity index (χ0) is 8.86. The fourth-order valence-corrected chi connectivity index (χ4v) is 1.04. The Morgan fingerprint density at radius 3 is 1.82 bits per heavy atom. The van der Waals surface area contributed by atoms with Gasteiger partial charge in [-0.2, -0.15) is 0 Å². The molecule has 0 atom stereocenters. The molecule has 0 aliphatic carbocycles. The summed E-state index contributed by atoms with van der Waals surface area (Å²) in [5.74, 6) is 0. The van der Waals surface area contributed by atoms with E-state index in [-0.39, 0.29) is 11.6 Å². The fraction of sp³-hybridized carbons (Fsp3) is 0.875. The highest BCUT2D eigenvalue weighted by Crippen LogP contribution is 2.36. The summed E-state index contributed by atoms with van der Waals surface area (Å²) in [6, 6.07) is 0. The quantitative estimate of drug-likeness (QED) is 0.534. The highest BCUT2D eigenvalue weighted by molar-refractivity contribution is 5.72. The van der Waals surface area contributed by atoms with E-state index < -0.39 is 5.60 Å². The molecule has 0 aromatic heterocycles. The van der Waals surface area contributed by atoms with E-state index in [0.29, 0.717) is 0 Å². The summed E-state index contributed by atoms with van der Waals surface area (Å²) in [4.78, 5) is 12.7. The van der Waals surface area contributed by atoms with Crippen molar-refractivity contribution >= 4 is 6.09 Å². The molecule has 0 N–H and O–H groups in total. The van der Waals surface area contributed by atoms with E-state index in [2.05, 4.69) is 0 Å². The van der Waals surface area contributed by atoms with Crippen LogP contribution in [-0.2, 0) is 4.74 Å². The van der Waals surface area contributed by atoms with Crippen LogP contribution in [0.15, 0.2) is 0 Å². The van der Waals surface area contributed by atoms with E-state index >= 15 is 0 Å². The minimum absolute atomic E-state index is 0.218. The van der Waals surface area contributed by atoms with Crippen molar-refractivity contribution in [2.24, 2.45) is 0 Å². The van der Waals surface area contributed by atoms with E-state index in [4.69, 9.17) is 4.74 Å². The van der Waals surface area contributed by atoms with Crippen LogP contribution in [0.1, 0.15) is 27.7 Å². The third-order valence-corrected chi connectivity index (χ3v) is 2.93. The van der Waals surface area contributed by atoms with Gasteiger partial charge in [0.15, 0.2) is 0 Å². The molecule has 0 saturated carbocycles. The molecule has 0 aromatic carbocycles. The Labute approximate surface area is 67.3 Å². The van der Waals surface area contributed by atoms with E-state index in [1.807, 2.05) is 27.7 Å². The van der Waals surface area contributed by atoms with Gasteiger partial charge >= 0.3 is 6.09 Å². The summed E-state index contributed by atoms with van der Waals surface area (Å²) in [6.45, 7) is 7.85. The molecular weight excluding hydrogens is 142 g/mol. The summed E-state index contributed by atoms with van der Waals surface area (Å²) in [5.41, 5.74) is -0.608. The number of amides is 1. The average molecular weight is 157 g/mol. The maximum Gasteiger partial charge on any atom is 0.410 e. The van der Waals surface area contributed by atoms with Crippen LogP contribution in [-0.4, -0.2) is 29.2 Å². The Balaban J connectivity index is 3.01. The lowest BCUT2D eigenvalue weighted by molar-refractivity contribution is 0.0371. The van der Waals surface area contributed by atoms with Crippen molar-refractivity contribution in [3.8, 4) is 0 Å². The summed E-state index contributed by atoms with van der Waals surface area (Å²) >= 11 is 0. The second kappa shape index (κ2) is 1.90. The zero-order valence-corrected chi connectivity index (χ0v) is 7.76. The van der Waals surface area contributed by atoms with Crippen LogP contribution < -0.4 is 0 Å². The first kappa shape index (κ1) is 8.37. The molecule has 0 unspecified atom stereocenters. The number of ether oxygens (including phenoxy) is 1. The van der Waals surface area contributed by atoms with Crippen LogP contribution in [0.2, 0.25) is 0 Å². The van der Waals surface area contributed by atoms with Gasteiger partial charge in [0.25, 0.3) is 0 Å². The molecule has 1 aliphatic rings. The molecule has 0 spiro atoms. The third-order valence-electron chi connectivity index (χ3n) is 2.93. The van der Waals surface area contributed by atoms with Crippen LogP contribution in [0.5, 0.6) is 0 Å². The maximum absolute atomic E-state index is 11.1. The first-order valence-corrected chi connectivity index (χ1v) is 3.76. The van der Waals surface area contributed by atoms with Gasteiger partial charge in [0.1, 0.15) is 5.60 Å². The number of cyclic esters (lactones) is 1. The van der Waals surface area contributed by atoms with Crippen LogP contribution in [0.4, 0.5) is 4.79 Å². The Morgan fingerprint density at radius 2 is 1.73 bits per heavy atom. The van der Waals surface area contributed by atoms with Crippen molar-refractivity contribution in [3.05, 3.63) is 0 Å². The topological polar surface area (TPSA) is 29.5 Å². The monoisotopic (exact) mass is 157 g/mol. The number of likely N-dealkylation sites (N-methyl/N-ethyl adjacent to an activating group) is 1. The molecule has 1 amide bonds. The normalized spacial score (nSPS) is 27.0. The van der Waals surface area contributed by atoms with Gasteiger partial charge in [-0.25, -0.2) is 4.79 Å². The first-order chi connectivity index (χ1) is 4.79. The number of carbonyl (C=O) groups excluding carboxylic acids is 1. The van der Waals surface area contributed by atoms with Crippen LogP contribution in [0.3, 0.4) is 0 Å². The lowest BCUT2D eigenvalue weighted by atomic mass is 9.86. The van der Waals surface area contributed by atoms with E-state index in [1.165, 1.54) is 0 Å². The predicted octanol–water partition coefficient (Wildman–Crippen LogP) is 1.63. The van der Waals surface area contributed by atoms with Gasteiger partial charge < -0.3 is 9.64 Å². The van der Waals surface area contributed by atoms with E-state index in [1.54, 1.807) is 11.9 Å². The maximum atomic E-state index is 11.1. The lowest BCUT2D eigenvalue weighted by Gasteiger charge is -2.34. The van der Waals surface area contributed by atoms with Gasteiger partial charge in [0, 0.05) is 7.05 Å². The largest absolute Gasteiger partial charge is 0.441 e. The first-order valence-electron chi connectivity index (χ1n) is 3.76. The van der Waals surface area contributed by atoms with Crippen LogP contribution in [0.25, 0.3) is 0 Å². The third kappa shape index (κ3) is 0.905. The van der Waals surface area contributed by atoms with Gasteiger partial charge in [-0.3, -0.25) is 0 Å². The van der Waals surface area contributed by atoms with E-state index in [0.717, 1.165) is 0 Å². The Kier molecular flexibility index (Phi) is 1.44. The number of hydrogen-bond acceptors (Lipinski definition) is 2. The lowest BCUT2D eigenvalue weighted by Crippen LogP contribution is -2.49. The van der Waals surface area contributed by atoms with Crippen molar-refractivity contribution in [2.45, 2.75) is 38.8 Å². The van der Waals surface area contributed by atoms with Crippen molar-refractivity contribution in [1.29, 1.82) is 0 Å². The van der Waals surface area contributed by atoms with Gasteiger partial charge in [-0.15, -0.1) is 0 Å². The molecule has 3 nitrogen and oxygen atoms in total. The summed E-state index contributed by atoms with van der Waals surface area (Å²) < 4.78 is 5.16. The van der Waals surface area contributed by atoms with Crippen molar-refractivity contribution in [3.63, 3.8) is 0 Å². The SMILES string of the molecule is CN1C(=O)OC(C)(C)C1(C)C. The van der Waals surface area contributed by atoms with Gasteiger partial charge in [-0.05, 0) is 27.7 Å². The van der Waals surface area contributed by atoms with Gasteiger partial charge in [-0.1, -0.05) is 0 Å². The van der Waals surface area contributed by atoms with Crippen molar-refractivity contribution < 1.29 is 9.53 Å². The Bertz CT molecular complexity index is 196. The molecule has 1 rings (SSSR count). The Hall–Kier alpha value is -0.730. The molecule has 64 valence electrons. The zero-order valence-electron chi connectivity index (χ0n) is 7.76. The highest BCUT2D eigenvalue weighted by Gasteiger charge is 2.52. The standard InChI is InChI=1S/C8H15NO2/c1-7(2)8(3,4)11-6(10)9(7)5/h1-5H3. The number of carbonyl (C=O) groups is 1. The molecule has 1 heterocycles. The predicted molar refractivity (Wildman–Crippen MR) is 42.4 cm³/mol. The van der Waals surface area contributed by atoms with Gasteiger partial charge in [0.05, 0.1) is 5.54 Å². The Morgan fingerprint density at radius 1 is 1.27 bits per heavy atom. The molecule has 0 bridgehead atoms. The second-order valence-corrected chi connectivity index (χ2v) is 4.00. The summed E-state index contributed by atoms with van der Waals surface area (Å²) in [6.07, 6.45) is -0.236. The fourth-order valence-electron chi connectivity index (χ4n) is 1.04. The minimum Gasteiger partial charge on any atom is -0.441 e. The van der Waals surface area contributed by atoms with Crippen molar-refractivity contribution in [2.75, 3.05) is 7.05 Å². The molecule has 0 aromatic rings. The summed E-state index contributed by atoms with van der Waals surface area (Å²) in [7, 11) is 1.76. The molecular formula is C8H15NO2. The van der Waals surface area contributed by atoms with Crippen LogP contribution in [0, 0.1) is 0 Å². The summed E-state index contributed by atoms with van der Waals surface area (Å²) in [5, 5.41) is 0. The second-order valence-electron chi connectivity index (χ2n) is 4.00. The molecule has 1 aliphatic heterocycles. The molecule has 11 heavy (non-hydrogen) atoms. The van der Waals surface area contributed by atoms with Gasteiger partial charge in [0.2, 0.25) is 0 Å². The smallest absolute Gasteiger partial charge is 0.410 e. The number of nitrogens with zero attached hydrogens (tertiary/aromatic N) is 1. The van der Waals surface area contributed by atoms with E-state index in [9.17, 15) is 4.79 Å².